The molecule has 0 radical (unpaired) electrons. The van der Waals surface area contributed by atoms with Crippen LogP contribution < -0.4 is 9.47 Å². The van der Waals surface area contributed by atoms with Gasteiger partial charge in [-0.25, -0.2) is 0 Å². The van der Waals surface area contributed by atoms with Crippen LogP contribution >= 0.6 is 0 Å². The highest BCUT2D eigenvalue weighted by Crippen LogP contribution is 2.31. The topological polar surface area (TPSA) is 42.0 Å². The van der Waals surface area contributed by atoms with Crippen molar-refractivity contribution in [2.24, 2.45) is 11.8 Å². The molecule has 1 saturated heterocycles. The average molecular weight is 449 g/mol. The molecule has 33 heavy (non-hydrogen) atoms. The minimum Gasteiger partial charge on any atom is -0.497 e. The Labute approximate surface area is 198 Å². The monoisotopic (exact) mass is 448 g/mol. The molecule has 2 aliphatic heterocycles. The average Bonchev–Trinajstić information content (AvgIpc) is 3.05. The minimum absolute atomic E-state index is 0.0955. The summed E-state index contributed by atoms with van der Waals surface area (Å²) in [5.41, 5.74) is 2.46. The van der Waals surface area contributed by atoms with Crippen LogP contribution in [0.15, 0.2) is 60.7 Å². The smallest absolute Gasteiger partial charge is 0.226 e. The molecule has 2 aromatic rings. The van der Waals surface area contributed by atoms with Gasteiger partial charge in [-0.1, -0.05) is 36.4 Å². The molecule has 5 heteroatoms. The number of piperidine rings is 1. The Balaban J connectivity index is 1.30. The lowest BCUT2D eigenvalue weighted by atomic mass is 9.81. The van der Waals surface area contributed by atoms with E-state index in [0.29, 0.717) is 24.9 Å². The number of amides is 1. The number of benzene rings is 2. The Hall–Kier alpha value is -2.79. The molecule has 2 heterocycles. The van der Waals surface area contributed by atoms with E-state index in [2.05, 4.69) is 35.3 Å². The van der Waals surface area contributed by atoms with Crippen LogP contribution in [-0.4, -0.2) is 56.1 Å². The summed E-state index contributed by atoms with van der Waals surface area (Å²) in [6.07, 6.45) is 8.48. The van der Waals surface area contributed by atoms with Crippen molar-refractivity contribution < 1.29 is 14.3 Å². The van der Waals surface area contributed by atoms with Crippen LogP contribution in [0.25, 0.3) is 0 Å². The number of ether oxygens (including phenoxy) is 2. The molecule has 4 rings (SSSR count). The van der Waals surface area contributed by atoms with Crippen molar-refractivity contribution in [3.63, 3.8) is 0 Å². The quantitative estimate of drug-likeness (QED) is 0.555. The summed E-state index contributed by atoms with van der Waals surface area (Å²) < 4.78 is 10.6. The van der Waals surface area contributed by atoms with Crippen molar-refractivity contribution in [2.75, 3.05) is 40.4 Å². The van der Waals surface area contributed by atoms with Crippen LogP contribution in [0.4, 0.5) is 0 Å². The lowest BCUT2D eigenvalue weighted by molar-refractivity contribution is -0.137. The largest absolute Gasteiger partial charge is 0.497 e. The molecule has 0 N–H and O–H groups in total. The first-order valence-corrected chi connectivity index (χ1v) is 12.1. The van der Waals surface area contributed by atoms with Crippen LogP contribution in [-0.2, 0) is 17.8 Å². The number of rotatable bonds is 8. The van der Waals surface area contributed by atoms with E-state index in [-0.39, 0.29) is 5.92 Å². The summed E-state index contributed by atoms with van der Waals surface area (Å²) in [7, 11) is 3.38. The predicted octanol–water partition coefficient (Wildman–Crippen LogP) is 4.56. The molecule has 0 unspecified atom stereocenters. The zero-order valence-electron chi connectivity index (χ0n) is 19.9. The highest BCUT2D eigenvalue weighted by atomic mass is 16.5. The van der Waals surface area contributed by atoms with Gasteiger partial charge in [-0.15, -0.1) is 0 Å². The van der Waals surface area contributed by atoms with Gasteiger partial charge >= 0.3 is 0 Å². The van der Waals surface area contributed by atoms with Gasteiger partial charge in [-0.2, -0.15) is 0 Å². The van der Waals surface area contributed by atoms with Crippen LogP contribution in [0.2, 0.25) is 0 Å². The number of methoxy groups -OCH3 is 2. The number of nitrogens with zero attached hydrogens (tertiary/aromatic N) is 2. The van der Waals surface area contributed by atoms with Crippen LogP contribution in [0.3, 0.4) is 0 Å². The van der Waals surface area contributed by atoms with Crippen LogP contribution in [0.1, 0.15) is 30.4 Å². The molecule has 0 aromatic heterocycles. The Kier molecular flexibility index (Phi) is 8.05. The standard InChI is InChI=1S/C28H36N2O3/c1-32-25-11-9-22(10-12-25)13-17-29-18-14-24(15-19-29)27-8-3-4-16-30(28(27)31)21-23-6-5-7-26(20-23)33-2/h3-7,9-12,20,24,27H,8,13-19,21H2,1-2H3/t27-/m0/s1. The number of hydrogen-bond donors (Lipinski definition) is 0. The first kappa shape index (κ1) is 23.4. The highest BCUT2D eigenvalue weighted by Gasteiger charge is 2.34. The zero-order chi connectivity index (χ0) is 23.0. The van der Waals surface area contributed by atoms with Crippen molar-refractivity contribution in [1.29, 1.82) is 0 Å². The SMILES string of the molecule is COc1ccc(CCN2CCC([C@@H]3CC=CCN(Cc4cccc(OC)c4)C3=O)CC2)cc1. The summed E-state index contributed by atoms with van der Waals surface area (Å²) >= 11 is 0. The van der Waals surface area contributed by atoms with E-state index >= 15 is 0 Å². The van der Waals surface area contributed by atoms with Crippen molar-refractivity contribution in [2.45, 2.75) is 32.2 Å². The summed E-state index contributed by atoms with van der Waals surface area (Å²) in [5, 5.41) is 0. The molecule has 0 saturated carbocycles. The predicted molar refractivity (Wildman–Crippen MR) is 132 cm³/mol. The maximum absolute atomic E-state index is 13.5. The minimum atomic E-state index is 0.0955. The maximum Gasteiger partial charge on any atom is 0.226 e. The summed E-state index contributed by atoms with van der Waals surface area (Å²) in [6.45, 7) is 4.54. The summed E-state index contributed by atoms with van der Waals surface area (Å²) in [4.78, 5) is 18.0. The maximum atomic E-state index is 13.5. The molecule has 2 aromatic carbocycles. The molecule has 0 aliphatic carbocycles. The number of allylic oxidation sites excluding steroid dienone is 1. The third-order valence-electron chi connectivity index (χ3n) is 7.10. The number of likely N-dealkylation sites (tertiary alicyclic amines) is 1. The molecule has 2 aliphatic rings. The van der Waals surface area contributed by atoms with E-state index in [4.69, 9.17) is 9.47 Å². The van der Waals surface area contributed by atoms with E-state index < -0.39 is 0 Å². The van der Waals surface area contributed by atoms with Crippen LogP contribution in [0.5, 0.6) is 11.5 Å². The van der Waals surface area contributed by atoms with Gasteiger partial charge in [0, 0.05) is 25.6 Å². The van der Waals surface area contributed by atoms with E-state index in [9.17, 15) is 4.79 Å². The fraction of sp³-hybridized carbons (Fsp3) is 0.464. The molecule has 1 amide bonds. The third kappa shape index (κ3) is 6.17. The molecule has 0 spiro atoms. The van der Waals surface area contributed by atoms with Crippen molar-refractivity contribution in [1.82, 2.24) is 9.80 Å². The normalized spacial score (nSPS) is 20.0. The van der Waals surface area contributed by atoms with Gasteiger partial charge in [0.05, 0.1) is 14.2 Å². The summed E-state index contributed by atoms with van der Waals surface area (Å²) in [5.74, 6) is 2.61. The third-order valence-corrected chi connectivity index (χ3v) is 7.10. The lowest BCUT2D eigenvalue weighted by Gasteiger charge is -2.36. The Morgan fingerprint density at radius 2 is 1.67 bits per heavy atom. The summed E-state index contributed by atoms with van der Waals surface area (Å²) in [6, 6.07) is 16.4. The number of carbonyl (C=O) groups excluding carboxylic acids is 1. The molecule has 1 atom stereocenters. The first-order chi connectivity index (χ1) is 16.2. The number of carbonyl (C=O) groups is 1. The van der Waals surface area contributed by atoms with E-state index in [1.54, 1.807) is 14.2 Å². The second-order valence-electron chi connectivity index (χ2n) is 9.16. The van der Waals surface area contributed by atoms with Crippen LogP contribution in [0, 0.1) is 11.8 Å². The van der Waals surface area contributed by atoms with Crippen molar-refractivity contribution in [3.8, 4) is 11.5 Å². The molecular formula is C28H36N2O3. The van der Waals surface area contributed by atoms with Crippen molar-refractivity contribution >= 4 is 5.91 Å². The fourth-order valence-electron chi connectivity index (χ4n) is 5.06. The van der Waals surface area contributed by atoms with Gasteiger partial charge in [-0.3, -0.25) is 4.79 Å². The Morgan fingerprint density at radius 1 is 0.909 bits per heavy atom. The van der Waals surface area contributed by atoms with Gasteiger partial charge in [-0.05, 0) is 80.1 Å². The van der Waals surface area contributed by atoms with E-state index in [1.807, 2.05) is 35.2 Å². The molecule has 1 fully saturated rings. The Bertz CT molecular complexity index is 932. The van der Waals surface area contributed by atoms with Gasteiger partial charge in [0.25, 0.3) is 0 Å². The lowest BCUT2D eigenvalue weighted by Crippen LogP contribution is -2.42. The van der Waals surface area contributed by atoms with Gasteiger partial charge in [0.2, 0.25) is 5.91 Å². The second-order valence-corrected chi connectivity index (χ2v) is 9.16. The van der Waals surface area contributed by atoms with E-state index in [0.717, 1.165) is 62.4 Å². The van der Waals surface area contributed by atoms with Gasteiger partial charge in [0.1, 0.15) is 11.5 Å². The molecule has 0 bridgehead atoms. The fourth-order valence-corrected chi connectivity index (χ4v) is 5.06. The second kappa shape index (κ2) is 11.4. The molecular weight excluding hydrogens is 412 g/mol. The van der Waals surface area contributed by atoms with Gasteiger partial charge in [0.15, 0.2) is 0 Å². The Morgan fingerprint density at radius 3 is 2.39 bits per heavy atom. The highest BCUT2D eigenvalue weighted by molar-refractivity contribution is 5.80. The van der Waals surface area contributed by atoms with Gasteiger partial charge < -0.3 is 19.3 Å². The molecule has 176 valence electrons. The first-order valence-electron chi connectivity index (χ1n) is 12.1. The molecule has 5 nitrogen and oxygen atoms in total. The van der Waals surface area contributed by atoms with E-state index in [1.165, 1.54) is 5.56 Å². The number of hydrogen-bond acceptors (Lipinski definition) is 4. The van der Waals surface area contributed by atoms with Crippen molar-refractivity contribution in [3.05, 3.63) is 71.8 Å². The zero-order valence-corrected chi connectivity index (χ0v) is 19.9.